The van der Waals surface area contributed by atoms with Gasteiger partial charge >= 0.3 is 0 Å². The zero-order valence-electron chi connectivity index (χ0n) is 11.7. The first-order valence-corrected chi connectivity index (χ1v) is 7.05. The van der Waals surface area contributed by atoms with Crippen LogP contribution in [0.1, 0.15) is 12.5 Å². The highest BCUT2D eigenvalue weighted by molar-refractivity contribution is 5.27. The number of hydrogen-bond acceptors (Lipinski definition) is 3. The molecule has 0 spiro atoms. The molecule has 0 unspecified atom stereocenters. The smallest absolute Gasteiger partial charge is 0.119 e. The van der Waals surface area contributed by atoms with Crippen LogP contribution >= 0.6 is 0 Å². The topological polar surface area (TPSA) is 21.7 Å². The molecule has 1 aliphatic rings. The first-order chi connectivity index (χ1) is 9.38. The molecule has 1 fully saturated rings. The molecule has 0 aliphatic carbocycles. The predicted molar refractivity (Wildman–Crippen MR) is 77.7 cm³/mol. The number of hydrogen-bond donors (Lipinski definition) is 0. The van der Waals surface area contributed by atoms with Crippen molar-refractivity contribution in [2.24, 2.45) is 0 Å². The van der Waals surface area contributed by atoms with E-state index in [9.17, 15) is 0 Å². The van der Waals surface area contributed by atoms with Crippen LogP contribution in [0.5, 0.6) is 5.75 Å². The number of nitrogens with zero attached hydrogens (tertiary/aromatic N) is 1. The molecule has 0 radical (unpaired) electrons. The van der Waals surface area contributed by atoms with Crippen molar-refractivity contribution in [3.8, 4) is 5.75 Å². The highest BCUT2D eigenvalue weighted by Crippen LogP contribution is 2.12. The fourth-order valence-electron chi connectivity index (χ4n) is 2.04. The summed E-state index contributed by atoms with van der Waals surface area (Å²) in [5, 5.41) is 0. The van der Waals surface area contributed by atoms with Crippen LogP contribution in [0.2, 0.25) is 0 Å². The Hall–Kier alpha value is -1.32. The molecule has 0 amide bonds. The highest BCUT2D eigenvalue weighted by Gasteiger charge is 2.07. The third-order valence-corrected chi connectivity index (χ3v) is 3.31. The second-order valence-electron chi connectivity index (χ2n) is 4.69. The van der Waals surface area contributed by atoms with Crippen LogP contribution in [-0.4, -0.2) is 44.4 Å². The molecule has 1 aliphatic heterocycles. The summed E-state index contributed by atoms with van der Waals surface area (Å²) in [6, 6.07) is 8.31. The third kappa shape index (κ3) is 5.05. The van der Waals surface area contributed by atoms with E-state index in [0.717, 1.165) is 45.0 Å². The monoisotopic (exact) mass is 261 g/mol. The lowest BCUT2D eigenvalue weighted by atomic mass is 10.2. The van der Waals surface area contributed by atoms with Gasteiger partial charge in [-0.05, 0) is 24.1 Å². The lowest BCUT2D eigenvalue weighted by molar-refractivity contribution is 0.0434. The Morgan fingerprint density at radius 1 is 1.16 bits per heavy atom. The van der Waals surface area contributed by atoms with Gasteiger partial charge in [-0.1, -0.05) is 31.2 Å². The van der Waals surface area contributed by atoms with Crippen molar-refractivity contribution in [1.29, 1.82) is 0 Å². The first-order valence-electron chi connectivity index (χ1n) is 7.05. The number of benzene rings is 1. The predicted octanol–water partition coefficient (Wildman–Crippen LogP) is 2.52. The summed E-state index contributed by atoms with van der Waals surface area (Å²) in [5.74, 6) is 0.938. The van der Waals surface area contributed by atoms with E-state index in [4.69, 9.17) is 9.47 Å². The van der Waals surface area contributed by atoms with Crippen molar-refractivity contribution in [3.63, 3.8) is 0 Å². The van der Waals surface area contributed by atoms with Crippen LogP contribution in [0.4, 0.5) is 0 Å². The molecule has 1 heterocycles. The maximum atomic E-state index is 5.66. The average Bonchev–Trinajstić information content (AvgIpc) is 2.49. The molecule has 3 heteroatoms. The summed E-state index contributed by atoms with van der Waals surface area (Å²) in [6.07, 6.45) is 5.33. The molecule has 19 heavy (non-hydrogen) atoms. The van der Waals surface area contributed by atoms with Crippen LogP contribution < -0.4 is 4.74 Å². The van der Waals surface area contributed by atoms with Crippen LogP contribution in [0.25, 0.3) is 0 Å². The fraction of sp³-hybridized carbons (Fsp3) is 0.500. The maximum absolute atomic E-state index is 5.66. The Morgan fingerprint density at radius 3 is 2.58 bits per heavy atom. The molecule has 1 aromatic rings. The molecule has 0 saturated carbocycles. The molecule has 1 aromatic carbocycles. The van der Waals surface area contributed by atoms with Gasteiger partial charge in [-0.2, -0.15) is 0 Å². The number of rotatable bonds is 6. The second kappa shape index (κ2) is 7.97. The number of aryl methyl sites for hydroxylation is 1. The minimum absolute atomic E-state index is 0.635. The third-order valence-electron chi connectivity index (χ3n) is 3.31. The van der Waals surface area contributed by atoms with Crippen molar-refractivity contribution in [3.05, 3.63) is 42.0 Å². The van der Waals surface area contributed by atoms with E-state index in [2.05, 4.69) is 36.1 Å². The lowest BCUT2D eigenvalue weighted by Crippen LogP contribution is -2.36. The minimum Gasteiger partial charge on any atom is -0.490 e. The maximum Gasteiger partial charge on any atom is 0.119 e. The van der Waals surface area contributed by atoms with E-state index in [1.54, 1.807) is 0 Å². The van der Waals surface area contributed by atoms with Gasteiger partial charge in [0.2, 0.25) is 0 Å². The van der Waals surface area contributed by atoms with Crippen LogP contribution in [0, 0.1) is 0 Å². The molecule has 0 aromatic heterocycles. The summed E-state index contributed by atoms with van der Waals surface area (Å²) >= 11 is 0. The average molecular weight is 261 g/mol. The molecular formula is C16H23NO2. The van der Waals surface area contributed by atoms with Crippen LogP contribution in [0.15, 0.2) is 36.4 Å². The Morgan fingerprint density at radius 2 is 1.89 bits per heavy atom. The standard InChI is InChI=1S/C16H23NO2/c1-2-15-5-7-16(8-6-15)19-12-4-3-9-17-10-13-18-14-11-17/h3-8H,2,9-14H2,1H3. The first kappa shape index (κ1) is 14.1. The summed E-state index contributed by atoms with van der Waals surface area (Å²) in [4.78, 5) is 2.38. The van der Waals surface area contributed by atoms with E-state index in [1.165, 1.54) is 5.56 Å². The molecule has 104 valence electrons. The van der Waals surface area contributed by atoms with Gasteiger partial charge in [-0.15, -0.1) is 0 Å². The quantitative estimate of drug-likeness (QED) is 0.734. The van der Waals surface area contributed by atoms with Gasteiger partial charge in [0.25, 0.3) is 0 Å². The number of morpholine rings is 1. The van der Waals surface area contributed by atoms with Gasteiger partial charge in [0, 0.05) is 19.6 Å². The molecular weight excluding hydrogens is 238 g/mol. The van der Waals surface area contributed by atoms with E-state index >= 15 is 0 Å². The minimum atomic E-state index is 0.635. The van der Waals surface area contributed by atoms with Gasteiger partial charge in [0.15, 0.2) is 0 Å². The highest BCUT2D eigenvalue weighted by atomic mass is 16.5. The zero-order valence-corrected chi connectivity index (χ0v) is 11.7. The van der Waals surface area contributed by atoms with Gasteiger partial charge in [-0.3, -0.25) is 4.90 Å². The van der Waals surface area contributed by atoms with Gasteiger partial charge in [0.1, 0.15) is 12.4 Å². The summed E-state index contributed by atoms with van der Waals surface area (Å²) < 4.78 is 11.0. The van der Waals surface area contributed by atoms with Crippen molar-refractivity contribution in [1.82, 2.24) is 4.90 Å². The van der Waals surface area contributed by atoms with Crippen molar-refractivity contribution < 1.29 is 9.47 Å². The Balaban J connectivity index is 1.64. The van der Waals surface area contributed by atoms with Crippen LogP contribution in [0.3, 0.4) is 0 Å². The van der Waals surface area contributed by atoms with E-state index < -0.39 is 0 Å². The SMILES string of the molecule is CCc1ccc(OCC=CCN2CCOCC2)cc1. The van der Waals surface area contributed by atoms with Crippen molar-refractivity contribution in [2.45, 2.75) is 13.3 Å². The fourth-order valence-corrected chi connectivity index (χ4v) is 2.04. The Kier molecular flexibility index (Phi) is 5.92. The van der Waals surface area contributed by atoms with E-state index in [1.807, 2.05) is 12.1 Å². The largest absolute Gasteiger partial charge is 0.490 e. The Bertz CT molecular complexity index is 380. The zero-order chi connectivity index (χ0) is 13.3. The molecule has 0 atom stereocenters. The van der Waals surface area contributed by atoms with Gasteiger partial charge < -0.3 is 9.47 Å². The number of ether oxygens (including phenoxy) is 2. The summed E-state index contributed by atoms with van der Waals surface area (Å²) in [6.45, 7) is 7.55. The van der Waals surface area contributed by atoms with Crippen LogP contribution in [-0.2, 0) is 11.2 Å². The van der Waals surface area contributed by atoms with Gasteiger partial charge in [0.05, 0.1) is 13.2 Å². The lowest BCUT2D eigenvalue weighted by Gasteiger charge is -2.25. The molecule has 3 nitrogen and oxygen atoms in total. The normalized spacial score (nSPS) is 16.9. The molecule has 2 rings (SSSR count). The molecule has 0 N–H and O–H groups in total. The summed E-state index contributed by atoms with van der Waals surface area (Å²) in [5.41, 5.74) is 1.34. The second-order valence-corrected chi connectivity index (χ2v) is 4.69. The van der Waals surface area contributed by atoms with Gasteiger partial charge in [-0.25, -0.2) is 0 Å². The molecule has 0 bridgehead atoms. The Labute approximate surface area is 115 Å². The van der Waals surface area contributed by atoms with Crippen molar-refractivity contribution >= 4 is 0 Å². The summed E-state index contributed by atoms with van der Waals surface area (Å²) in [7, 11) is 0. The van der Waals surface area contributed by atoms with E-state index in [-0.39, 0.29) is 0 Å². The van der Waals surface area contributed by atoms with Crippen molar-refractivity contribution in [2.75, 3.05) is 39.5 Å². The molecule has 1 saturated heterocycles. The van der Waals surface area contributed by atoms with E-state index in [0.29, 0.717) is 6.61 Å².